The van der Waals surface area contributed by atoms with Crippen LogP contribution >= 0.6 is 15.9 Å². The van der Waals surface area contributed by atoms with Gasteiger partial charge in [-0.1, -0.05) is 15.9 Å². The lowest BCUT2D eigenvalue weighted by atomic mass is 10.0. The average molecular weight is 283 g/mol. The maximum Gasteiger partial charge on any atom is 0.417 e. The van der Waals surface area contributed by atoms with Gasteiger partial charge in [-0.15, -0.1) is 0 Å². The van der Waals surface area contributed by atoms with Crippen molar-refractivity contribution < 1.29 is 23.1 Å². The number of benzene rings is 1. The lowest BCUT2D eigenvalue weighted by Crippen LogP contribution is -2.14. The van der Waals surface area contributed by atoms with Gasteiger partial charge in [0, 0.05) is 4.47 Å². The Kier molecular flexibility index (Phi) is 3.08. The van der Waals surface area contributed by atoms with Crippen LogP contribution in [0.3, 0.4) is 0 Å². The molecule has 0 atom stereocenters. The van der Waals surface area contributed by atoms with Crippen LogP contribution in [0.15, 0.2) is 16.6 Å². The van der Waals surface area contributed by atoms with Gasteiger partial charge in [-0.3, -0.25) is 0 Å². The predicted molar refractivity (Wildman–Crippen MR) is 50.8 cm³/mol. The third-order valence-electron chi connectivity index (χ3n) is 1.92. The van der Waals surface area contributed by atoms with Crippen LogP contribution in [0.4, 0.5) is 13.2 Å². The zero-order valence-corrected chi connectivity index (χ0v) is 9.11. The number of hydrogen-bond acceptors (Lipinski definition) is 1. The van der Waals surface area contributed by atoms with E-state index in [0.29, 0.717) is 4.47 Å². The van der Waals surface area contributed by atoms with E-state index >= 15 is 0 Å². The Balaban J connectivity index is 3.55. The molecule has 15 heavy (non-hydrogen) atoms. The van der Waals surface area contributed by atoms with Crippen LogP contribution in [0.1, 0.15) is 21.5 Å². The van der Waals surface area contributed by atoms with Crippen LogP contribution in [0.2, 0.25) is 0 Å². The van der Waals surface area contributed by atoms with Crippen molar-refractivity contribution in [1.29, 1.82) is 0 Å². The molecule has 2 nitrogen and oxygen atoms in total. The van der Waals surface area contributed by atoms with Crippen LogP contribution in [-0.2, 0) is 6.18 Å². The average Bonchev–Trinajstić information content (AvgIpc) is 2.06. The summed E-state index contributed by atoms with van der Waals surface area (Å²) < 4.78 is 37.7. The summed E-state index contributed by atoms with van der Waals surface area (Å²) in [6.45, 7) is 1.32. The second-order valence-electron chi connectivity index (χ2n) is 2.90. The summed E-state index contributed by atoms with van der Waals surface area (Å²) in [6, 6.07) is 1.94. The Morgan fingerprint density at radius 1 is 1.40 bits per heavy atom. The van der Waals surface area contributed by atoms with Crippen molar-refractivity contribution in [1.82, 2.24) is 0 Å². The van der Waals surface area contributed by atoms with E-state index < -0.39 is 23.3 Å². The lowest BCUT2D eigenvalue weighted by molar-refractivity contribution is -0.138. The molecule has 0 aliphatic heterocycles. The molecular formula is C9H6BrF3O2. The molecule has 0 saturated heterocycles. The second kappa shape index (κ2) is 3.84. The van der Waals surface area contributed by atoms with Gasteiger partial charge in [0.1, 0.15) is 0 Å². The molecule has 0 radical (unpaired) electrons. The molecule has 6 heteroatoms. The standard InChI is InChI=1S/C9H6BrF3O2/c1-4-6(10)3-2-5(9(11,12)13)7(4)8(14)15/h2-3H,1H3,(H,14,15). The van der Waals surface area contributed by atoms with E-state index in [9.17, 15) is 18.0 Å². The molecule has 0 spiro atoms. The Morgan fingerprint density at radius 2 is 1.93 bits per heavy atom. The number of aromatic carboxylic acids is 1. The Labute approximate surface area is 91.8 Å². The summed E-state index contributed by atoms with van der Waals surface area (Å²) >= 11 is 2.98. The molecule has 1 N–H and O–H groups in total. The maximum atomic E-state index is 12.4. The van der Waals surface area contributed by atoms with Crippen LogP contribution in [0.5, 0.6) is 0 Å². The van der Waals surface area contributed by atoms with Crippen LogP contribution in [0.25, 0.3) is 0 Å². The number of halogens is 4. The molecule has 0 aliphatic carbocycles. The number of alkyl halides is 3. The van der Waals surface area contributed by atoms with Crippen molar-refractivity contribution in [2.45, 2.75) is 13.1 Å². The fraction of sp³-hybridized carbons (Fsp3) is 0.222. The van der Waals surface area contributed by atoms with Crippen molar-refractivity contribution in [2.75, 3.05) is 0 Å². The van der Waals surface area contributed by atoms with Gasteiger partial charge in [-0.05, 0) is 24.6 Å². The topological polar surface area (TPSA) is 37.3 Å². The zero-order valence-electron chi connectivity index (χ0n) is 7.52. The zero-order chi connectivity index (χ0) is 11.8. The molecule has 0 heterocycles. The van der Waals surface area contributed by atoms with Crippen LogP contribution in [-0.4, -0.2) is 11.1 Å². The monoisotopic (exact) mass is 282 g/mol. The van der Waals surface area contributed by atoms with Crippen molar-refractivity contribution >= 4 is 21.9 Å². The molecule has 0 aromatic heterocycles. The summed E-state index contributed by atoms with van der Waals surface area (Å²) in [4.78, 5) is 10.7. The minimum absolute atomic E-state index is 0.0670. The van der Waals surface area contributed by atoms with Crippen molar-refractivity contribution in [3.05, 3.63) is 33.3 Å². The van der Waals surface area contributed by atoms with E-state index in [1.165, 1.54) is 13.0 Å². The fourth-order valence-electron chi connectivity index (χ4n) is 1.20. The van der Waals surface area contributed by atoms with E-state index in [4.69, 9.17) is 5.11 Å². The first kappa shape index (κ1) is 12.0. The van der Waals surface area contributed by atoms with Gasteiger partial charge in [0.25, 0.3) is 0 Å². The van der Waals surface area contributed by atoms with E-state index in [1.807, 2.05) is 0 Å². The summed E-state index contributed by atoms with van der Waals surface area (Å²) in [5.74, 6) is -1.58. The molecule has 0 aliphatic rings. The molecule has 0 amide bonds. The van der Waals surface area contributed by atoms with Crippen molar-refractivity contribution in [2.24, 2.45) is 0 Å². The van der Waals surface area contributed by atoms with Crippen LogP contribution < -0.4 is 0 Å². The molecular weight excluding hydrogens is 277 g/mol. The summed E-state index contributed by atoms with van der Waals surface area (Å²) in [6.07, 6.45) is -4.65. The maximum absolute atomic E-state index is 12.4. The van der Waals surface area contributed by atoms with Gasteiger partial charge in [0.15, 0.2) is 0 Å². The first-order chi connectivity index (χ1) is 6.75. The number of hydrogen-bond donors (Lipinski definition) is 1. The molecule has 0 saturated carbocycles. The minimum Gasteiger partial charge on any atom is -0.478 e. The number of rotatable bonds is 1. The predicted octanol–water partition coefficient (Wildman–Crippen LogP) is 3.47. The molecule has 1 rings (SSSR count). The van der Waals surface area contributed by atoms with E-state index in [1.54, 1.807) is 0 Å². The summed E-state index contributed by atoms with van der Waals surface area (Å²) in [7, 11) is 0. The highest BCUT2D eigenvalue weighted by Crippen LogP contribution is 2.35. The van der Waals surface area contributed by atoms with Gasteiger partial charge >= 0.3 is 12.1 Å². The number of carboxylic acids is 1. The first-order valence-corrected chi connectivity index (χ1v) is 4.64. The molecule has 0 fully saturated rings. The summed E-state index contributed by atoms with van der Waals surface area (Å²) in [5.41, 5.74) is -1.77. The van der Waals surface area contributed by atoms with Gasteiger partial charge in [-0.2, -0.15) is 13.2 Å². The van der Waals surface area contributed by atoms with Crippen LogP contribution in [0, 0.1) is 6.92 Å². The SMILES string of the molecule is Cc1c(Br)ccc(C(F)(F)F)c1C(=O)O. The highest BCUT2D eigenvalue weighted by atomic mass is 79.9. The molecule has 0 bridgehead atoms. The fourth-order valence-corrected chi connectivity index (χ4v) is 1.53. The first-order valence-electron chi connectivity index (χ1n) is 3.84. The summed E-state index contributed by atoms with van der Waals surface area (Å²) in [5, 5.41) is 8.71. The minimum atomic E-state index is -4.65. The third kappa shape index (κ3) is 2.31. The molecule has 82 valence electrons. The van der Waals surface area contributed by atoms with E-state index in [-0.39, 0.29) is 5.56 Å². The van der Waals surface area contributed by atoms with Gasteiger partial charge in [-0.25, -0.2) is 4.79 Å². The quantitative estimate of drug-likeness (QED) is 0.856. The lowest BCUT2D eigenvalue weighted by Gasteiger charge is -2.13. The second-order valence-corrected chi connectivity index (χ2v) is 3.75. The number of carboxylic acid groups (broad SMARTS) is 1. The van der Waals surface area contributed by atoms with Gasteiger partial charge in [0.2, 0.25) is 0 Å². The highest BCUT2D eigenvalue weighted by molar-refractivity contribution is 9.10. The van der Waals surface area contributed by atoms with E-state index in [0.717, 1.165) is 6.07 Å². The Morgan fingerprint density at radius 3 is 2.33 bits per heavy atom. The van der Waals surface area contributed by atoms with Gasteiger partial charge < -0.3 is 5.11 Å². The van der Waals surface area contributed by atoms with Gasteiger partial charge in [0.05, 0.1) is 11.1 Å². The Bertz CT molecular complexity index is 413. The van der Waals surface area contributed by atoms with E-state index in [2.05, 4.69) is 15.9 Å². The van der Waals surface area contributed by atoms with Crippen molar-refractivity contribution in [3.63, 3.8) is 0 Å². The third-order valence-corrected chi connectivity index (χ3v) is 2.78. The smallest absolute Gasteiger partial charge is 0.417 e. The molecule has 0 unspecified atom stereocenters. The highest BCUT2D eigenvalue weighted by Gasteiger charge is 2.36. The number of carbonyl (C=O) groups is 1. The van der Waals surface area contributed by atoms with Crippen molar-refractivity contribution in [3.8, 4) is 0 Å². The largest absolute Gasteiger partial charge is 0.478 e. The molecule has 1 aromatic rings. The molecule has 1 aromatic carbocycles. The Hall–Kier alpha value is -1.04. The normalized spacial score (nSPS) is 11.5.